The minimum Gasteiger partial charge on any atom is -0.353 e. The van der Waals surface area contributed by atoms with Gasteiger partial charge in [-0.05, 0) is 24.3 Å². The van der Waals surface area contributed by atoms with Crippen molar-refractivity contribution in [3.8, 4) is 10.4 Å². The molecule has 8 heteroatoms. The van der Waals surface area contributed by atoms with Gasteiger partial charge in [-0.25, -0.2) is 4.98 Å². The standard InChI is InChI=1S/C15H13N3O2S3/c19-11(16-8-3-4-8)7-23-15-17-13(20)12-9(6-22-14(12)18-15)10-2-1-5-21-10/h1-2,5-6,8H,3-4,7H2,(H,16,19)(H,17,18,20). The number of thioether (sulfide) groups is 1. The second-order valence-corrected chi connectivity index (χ2v) is 8.08. The molecular weight excluding hydrogens is 350 g/mol. The molecule has 0 atom stereocenters. The number of hydrogen-bond donors (Lipinski definition) is 2. The third-order valence-electron chi connectivity index (χ3n) is 3.49. The molecule has 0 bridgehead atoms. The molecule has 0 spiro atoms. The summed E-state index contributed by atoms with van der Waals surface area (Å²) in [4.78, 5) is 33.2. The van der Waals surface area contributed by atoms with E-state index in [1.807, 2.05) is 22.9 Å². The molecule has 5 nitrogen and oxygen atoms in total. The van der Waals surface area contributed by atoms with Gasteiger partial charge in [0.05, 0.1) is 11.1 Å². The smallest absolute Gasteiger partial charge is 0.260 e. The van der Waals surface area contributed by atoms with E-state index in [1.54, 1.807) is 11.3 Å². The van der Waals surface area contributed by atoms with Crippen LogP contribution >= 0.6 is 34.4 Å². The fraction of sp³-hybridized carbons (Fsp3) is 0.267. The second kappa shape index (κ2) is 6.10. The normalized spacial score (nSPS) is 14.3. The number of fused-ring (bicyclic) bond motifs is 1. The Hall–Kier alpha value is -1.64. The zero-order chi connectivity index (χ0) is 15.8. The lowest BCUT2D eigenvalue weighted by Gasteiger charge is -2.03. The molecule has 4 rings (SSSR count). The minimum atomic E-state index is -0.148. The molecule has 1 aliphatic carbocycles. The van der Waals surface area contributed by atoms with Crippen LogP contribution in [0.4, 0.5) is 0 Å². The molecule has 1 fully saturated rings. The molecule has 0 aliphatic heterocycles. The Balaban J connectivity index is 1.58. The van der Waals surface area contributed by atoms with Crippen LogP contribution in [0.15, 0.2) is 32.8 Å². The zero-order valence-electron chi connectivity index (χ0n) is 12.0. The average Bonchev–Trinajstić information content (AvgIpc) is 3.03. The maximum Gasteiger partial charge on any atom is 0.260 e. The van der Waals surface area contributed by atoms with Crippen molar-refractivity contribution in [2.24, 2.45) is 0 Å². The van der Waals surface area contributed by atoms with E-state index in [1.165, 1.54) is 23.1 Å². The van der Waals surface area contributed by atoms with Gasteiger partial charge in [-0.2, -0.15) is 0 Å². The van der Waals surface area contributed by atoms with Crippen molar-refractivity contribution in [3.05, 3.63) is 33.2 Å². The van der Waals surface area contributed by atoms with E-state index >= 15 is 0 Å². The summed E-state index contributed by atoms with van der Waals surface area (Å²) in [5.74, 6) is 0.263. The predicted octanol–water partition coefficient (Wildman–Crippen LogP) is 3.08. The highest BCUT2D eigenvalue weighted by Gasteiger charge is 2.23. The van der Waals surface area contributed by atoms with E-state index in [0.29, 0.717) is 21.4 Å². The van der Waals surface area contributed by atoms with E-state index in [2.05, 4.69) is 15.3 Å². The van der Waals surface area contributed by atoms with Crippen molar-refractivity contribution in [2.75, 3.05) is 5.75 Å². The van der Waals surface area contributed by atoms with Crippen LogP contribution in [-0.4, -0.2) is 27.7 Å². The summed E-state index contributed by atoms with van der Waals surface area (Å²) in [7, 11) is 0. The molecule has 0 unspecified atom stereocenters. The van der Waals surface area contributed by atoms with Gasteiger partial charge in [0.25, 0.3) is 5.56 Å². The zero-order valence-corrected chi connectivity index (χ0v) is 14.4. The Kier molecular flexibility index (Phi) is 3.96. The molecule has 2 N–H and O–H groups in total. The maximum absolute atomic E-state index is 12.4. The Labute approximate surface area is 144 Å². The van der Waals surface area contributed by atoms with E-state index in [4.69, 9.17) is 0 Å². The summed E-state index contributed by atoms with van der Waals surface area (Å²) < 4.78 is 0. The van der Waals surface area contributed by atoms with Crippen molar-refractivity contribution in [1.82, 2.24) is 15.3 Å². The molecule has 118 valence electrons. The fourth-order valence-corrected chi connectivity index (χ4v) is 4.73. The quantitative estimate of drug-likeness (QED) is 0.540. The van der Waals surface area contributed by atoms with Crippen LogP contribution in [0, 0.1) is 0 Å². The van der Waals surface area contributed by atoms with Gasteiger partial charge < -0.3 is 10.3 Å². The van der Waals surface area contributed by atoms with Gasteiger partial charge in [-0.3, -0.25) is 9.59 Å². The van der Waals surface area contributed by atoms with E-state index in [-0.39, 0.29) is 17.2 Å². The first-order chi connectivity index (χ1) is 11.2. The van der Waals surface area contributed by atoms with Gasteiger partial charge in [0.1, 0.15) is 4.83 Å². The van der Waals surface area contributed by atoms with Crippen molar-refractivity contribution in [1.29, 1.82) is 0 Å². The lowest BCUT2D eigenvalue weighted by Crippen LogP contribution is -2.27. The van der Waals surface area contributed by atoms with Crippen molar-refractivity contribution >= 4 is 50.6 Å². The Morgan fingerprint density at radius 3 is 3.04 bits per heavy atom. The summed E-state index contributed by atoms with van der Waals surface area (Å²) in [6, 6.07) is 4.31. The number of thiophene rings is 2. The van der Waals surface area contributed by atoms with Crippen LogP contribution in [0.25, 0.3) is 20.7 Å². The Morgan fingerprint density at radius 2 is 2.30 bits per heavy atom. The summed E-state index contributed by atoms with van der Waals surface area (Å²) in [5.41, 5.74) is 0.779. The Morgan fingerprint density at radius 1 is 1.43 bits per heavy atom. The number of carbonyl (C=O) groups excluding carboxylic acids is 1. The largest absolute Gasteiger partial charge is 0.353 e. The lowest BCUT2D eigenvalue weighted by atomic mass is 10.2. The molecule has 1 amide bonds. The van der Waals surface area contributed by atoms with Gasteiger partial charge >= 0.3 is 0 Å². The Bertz CT molecular complexity index is 910. The molecule has 0 aromatic carbocycles. The molecule has 3 heterocycles. The van der Waals surface area contributed by atoms with Crippen molar-refractivity contribution in [3.63, 3.8) is 0 Å². The van der Waals surface area contributed by atoms with Crippen LogP contribution in [0.1, 0.15) is 12.8 Å². The summed E-state index contributed by atoms with van der Waals surface area (Å²) >= 11 is 4.32. The highest BCUT2D eigenvalue weighted by molar-refractivity contribution is 7.99. The third kappa shape index (κ3) is 3.19. The maximum atomic E-state index is 12.4. The molecular formula is C15H13N3O2S3. The number of rotatable bonds is 5. The number of nitrogens with one attached hydrogen (secondary N) is 2. The highest BCUT2D eigenvalue weighted by Crippen LogP contribution is 2.34. The first-order valence-electron chi connectivity index (χ1n) is 7.18. The first-order valence-corrected chi connectivity index (χ1v) is 9.93. The fourth-order valence-electron chi connectivity index (χ4n) is 2.24. The first kappa shape index (κ1) is 14.9. The van der Waals surface area contributed by atoms with Crippen LogP contribution in [0.2, 0.25) is 0 Å². The van der Waals surface area contributed by atoms with Crippen LogP contribution in [0.3, 0.4) is 0 Å². The summed E-state index contributed by atoms with van der Waals surface area (Å²) in [5, 5.41) is 8.00. The van der Waals surface area contributed by atoms with Gasteiger partial charge in [0, 0.05) is 21.9 Å². The number of amides is 1. The number of hydrogen-bond acceptors (Lipinski definition) is 6. The van der Waals surface area contributed by atoms with Crippen molar-refractivity contribution in [2.45, 2.75) is 24.0 Å². The van der Waals surface area contributed by atoms with Gasteiger partial charge in [0.2, 0.25) is 5.91 Å². The SMILES string of the molecule is O=C(CSc1nc2scc(-c3cccs3)c2c(=O)[nH]1)NC1CC1. The topological polar surface area (TPSA) is 74.8 Å². The molecule has 3 aromatic heterocycles. The average molecular weight is 363 g/mol. The summed E-state index contributed by atoms with van der Waals surface area (Å²) in [6.45, 7) is 0. The van der Waals surface area contributed by atoms with Crippen LogP contribution in [0.5, 0.6) is 0 Å². The number of aromatic amines is 1. The molecule has 1 saturated carbocycles. The highest BCUT2D eigenvalue weighted by atomic mass is 32.2. The van der Waals surface area contributed by atoms with Crippen molar-refractivity contribution < 1.29 is 4.79 Å². The molecule has 1 aliphatic rings. The molecule has 0 saturated heterocycles. The van der Waals surface area contributed by atoms with Gasteiger partial charge in [-0.15, -0.1) is 22.7 Å². The molecule has 3 aromatic rings. The second-order valence-electron chi connectivity index (χ2n) is 5.31. The molecule has 0 radical (unpaired) electrons. The third-order valence-corrected chi connectivity index (χ3v) is 6.14. The summed E-state index contributed by atoms with van der Waals surface area (Å²) in [6.07, 6.45) is 2.14. The van der Waals surface area contributed by atoms with Gasteiger partial charge in [0.15, 0.2) is 5.16 Å². The minimum absolute atomic E-state index is 0.00861. The number of aromatic nitrogens is 2. The van der Waals surface area contributed by atoms with E-state index in [9.17, 15) is 9.59 Å². The lowest BCUT2D eigenvalue weighted by molar-refractivity contribution is -0.118. The number of carbonyl (C=O) groups is 1. The monoisotopic (exact) mass is 363 g/mol. The van der Waals surface area contributed by atoms with E-state index in [0.717, 1.165) is 23.3 Å². The number of nitrogens with zero attached hydrogens (tertiary/aromatic N) is 1. The molecule has 23 heavy (non-hydrogen) atoms. The van der Waals surface area contributed by atoms with Crippen LogP contribution in [-0.2, 0) is 4.79 Å². The van der Waals surface area contributed by atoms with Gasteiger partial charge in [-0.1, -0.05) is 17.8 Å². The van der Waals surface area contributed by atoms with Crippen LogP contribution < -0.4 is 10.9 Å². The predicted molar refractivity (Wildman–Crippen MR) is 95.4 cm³/mol. The van der Waals surface area contributed by atoms with E-state index < -0.39 is 0 Å². The number of H-pyrrole nitrogens is 1.